The van der Waals surface area contributed by atoms with Gasteiger partial charge in [0.2, 0.25) is 0 Å². The van der Waals surface area contributed by atoms with Crippen LogP contribution in [-0.4, -0.2) is 16.6 Å². The second-order valence-electron chi connectivity index (χ2n) is 6.08. The summed E-state index contributed by atoms with van der Waals surface area (Å²) in [7, 11) is 0. The predicted molar refractivity (Wildman–Crippen MR) is 94.0 cm³/mol. The van der Waals surface area contributed by atoms with Gasteiger partial charge in [0.15, 0.2) is 0 Å². The van der Waals surface area contributed by atoms with Crippen LogP contribution in [0, 0.1) is 0 Å². The lowest BCUT2D eigenvalue weighted by atomic mass is 9.95. The molecule has 2 heterocycles. The molecule has 1 aliphatic heterocycles. The first-order chi connectivity index (χ1) is 11.9. The molecule has 1 aliphatic rings. The van der Waals surface area contributed by atoms with Gasteiger partial charge in [-0.15, -0.1) is 0 Å². The van der Waals surface area contributed by atoms with E-state index in [-0.39, 0.29) is 6.04 Å². The third kappa shape index (κ3) is 3.19. The molecule has 2 aromatic carbocycles. The zero-order chi connectivity index (χ0) is 16.2. The van der Waals surface area contributed by atoms with E-state index in [1.165, 1.54) is 16.7 Å². The van der Waals surface area contributed by atoms with E-state index in [1.807, 2.05) is 12.3 Å². The topological polar surface area (TPSA) is 49.9 Å². The number of rotatable bonds is 5. The Labute approximate surface area is 141 Å². The van der Waals surface area contributed by atoms with Gasteiger partial charge in [-0.25, -0.2) is 4.98 Å². The summed E-state index contributed by atoms with van der Waals surface area (Å²) in [6.07, 6.45) is 5.81. The minimum Gasteiger partial charge on any atom is -0.493 e. The lowest BCUT2D eigenvalue weighted by molar-refractivity contribution is 0.288. The van der Waals surface area contributed by atoms with Gasteiger partial charge in [0, 0.05) is 12.4 Å². The summed E-state index contributed by atoms with van der Waals surface area (Å²) in [4.78, 5) is 7.46. The van der Waals surface area contributed by atoms with Gasteiger partial charge in [0.1, 0.15) is 11.6 Å². The maximum atomic E-state index is 5.75. The quantitative estimate of drug-likeness (QED) is 0.755. The number of hydrogen-bond acceptors (Lipinski definition) is 3. The molecule has 0 bridgehead atoms. The van der Waals surface area contributed by atoms with Crippen LogP contribution in [0.5, 0.6) is 5.75 Å². The summed E-state index contributed by atoms with van der Waals surface area (Å²) in [6.45, 7) is 1.52. The molecule has 24 heavy (non-hydrogen) atoms. The molecule has 0 spiro atoms. The van der Waals surface area contributed by atoms with Crippen molar-refractivity contribution < 1.29 is 4.74 Å². The van der Waals surface area contributed by atoms with E-state index in [2.05, 4.69) is 57.7 Å². The van der Waals surface area contributed by atoms with Gasteiger partial charge in [-0.2, -0.15) is 0 Å². The van der Waals surface area contributed by atoms with Gasteiger partial charge in [0.25, 0.3) is 0 Å². The number of hydrogen-bond donors (Lipinski definition) is 2. The summed E-state index contributed by atoms with van der Waals surface area (Å²) in [6, 6.07) is 17.2. The second-order valence-corrected chi connectivity index (χ2v) is 6.08. The Balaban J connectivity index is 1.64. The molecule has 0 fully saturated rings. The van der Waals surface area contributed by atoms with E-state index >= 15 is 0 Å². The molecular formula is C20H21N3O. The highest BCUT2D eigenvalue weighted by Gasteiger charge is 2.17. The average molecular weight is 319 g/mol. The molecule has 0 amide bonds. The first-order valence-electron chi connectivity index (χ1n) is 8.42. The third-order valence-corrected chi connectivity index (χ3v) is 4.43. The standard InChI is InChI=1S/C20H21N3O/c1-2-5-15(6-3-1)20(23-14-19-21-10-11-22-19)17-8-9-18-16(13-17)7-4-12-24-18/h1-3,5-6,8-11,13,20,23H,4,7,12,14H2,(H,21,22). The maximum absolute atomic E-state index is 5.75. The fourth-order valence-corrected chi connectivity index (χ4v) is 3.23. The lowest BCUT2D eigenvalue weighted by Crippen LogP contribution is -2.23. The Morgan fingerprint density at radius 3 is 2.88 bits per heavy atom. The monoisotopic (exact) mass is 319 g/mol. The highest BCUT2D eigenvalue weighted by Crippen LogP contribution is 2.30. The number of benzene rings is 2. The normalized spacial score (nSPS) is 14.7. The Morgan fingerprint density at radius 1 is 1.12 bits per heavy atom. The van der Waals surface area contributed by atoms with Crippen LogP contribution in [0.1, 0.15) is 35.0 Å². The van der Waals surface area contributed by atoms with Crippen molar-refractivity contribution in [3.63, 3.8) is 0 Å². The predicted octanol–water partition coefficient (Wildman–Crippen LogP) is 3.61. The number of nitrogens with zero attached hydrogens (tertiary/aromatic N) is 1. The summed E-state index contributed by atoms with van der Waals surface area (Å²) in [5.74, 6) is 1.97. The van der Waals surface area contributed by atoms with Crippen LogP contribution >= 0.6 is 0 Å². The van der Waals surface area contributed by atoms with Crippen LogP contribution in [-0.2, 0) is 13.0 Å². The molecule has 122 valence electrons. The molecule has 2 N–H and O–H groups in total. The number of H-pyrrole nitrogens is 1. The second kappa shape index (κ2) is 6.89. The Hall–Kier alpha value is -2.59. The number of fused-ring (bicyclic) bond motifs is 1. The number of aromatic nitrogens is 2. The molecule has 0 aliphatic carbocycles. The summed E-state index contributed by atoms with van der Waals surface area (Å²) < 4.78 is 5.75. The molecule has 0 radical (unpaired) electrons. The molecule has 4 heteroatoms. The number of nitrogens with one attached hydrogen (secondary N) is 2. The van der Waals surface area contributed by atoms with Crippen molar-refractivity contribution in [2.24, 2.45) is 0 Å². The van der Waals surface area contributed by atoms with E-state index < -0.39 is 0 Å². The Bertz CT molecular complexity index is 784. The van der Waals surface area contributed by atoms with E-state index in [1.54, 1.807) is 6.20 Å². The van der Waals surface area contributed by atoms with E-state index in [9.17, 15) is 0 Å². The largest absolute Gasteiger partial charge is 0.493 e. The Morgan fingerprint density at radius 2 is 2.04 bits per heavy atom. The van der Waals surface area contributed by atoms with Crippen molar-refractivity contribution >= 4 is 0 Å². The maximum Gasteiger partial charge on any atom is 0.122 e. The molecule has 0 saturated carbocycles. The first-order valence-corrected chi connectivity index (χ1v) is 8.42. The Kier molecular flexibility index (Phi) is 4.30. The third-order valence-electron chi connectivity index (χ3n) is 4.43. The van der Waals surface area contributed by atoms with Gasteiger partial charge in [-0.05, 0) is 35.6 Å². The van der Waals surface area contributed by atoms with E-state index in [0.717, 1.165) is 31.0 Å². The van der Waals surface area contributed by atoms with Gasteiger partial charge in [-0.1, -0.05) is 42.5 Å². The average Bonchev–Trinajstić information content (AvgIpc) is 3.16. The highest BCUT2D eigenvalue weighted by atomic mass is 16.5. The molecule has 4 rings (SSSR count). The number of ether oxygens (including phenoxy) is 1. The van der Waals surface area contributed by atoms with Crippen LogP contribution < -0.4 is 10.1 Å². The number of aryl methyl sites for hydroxylation is 1. The van der Waals surface area contributed by atoms with Crippen molar-refractivity contribution in [3.05, 3.63) is 83.4 Å². The van der Waals surface area contributed by atoms with Crippen molar-refractivity contribution in [3.8, 4) is 5.75 Å². The molecular weight excluding hydrogens is 298 g/mol. The van der Waals surface area contributed by atoms with Crippen molar-refractivity contribution in [1.29, 1.82) is 0 Å². The van der Waals surface area contributed by atoms with Crippen LogP contribution in [0.4, 0.5) is 0 Å². The smallest absolute Gasteiger partial charge is 0.122 e. The first kappa shape index (κ1) is 15.0. The minimum absolute atomic E-state index is 0.128. The van der Waals surface area contributed by atoms with Gasteiger partial charge in [0.05, 0.1) is 19.2 Å². The summed E-state index contributed by atoms with van der Waals surface area (Å²) >= 11 is 0. The molecule has 0 saturated heterocycles. The molecule has 1 atom stereocenters. The zero-order valence-electron chi connectivity index (χ0n) is 13.5. The van der Waals surface area contributed by atoms with Gasteiger partial charge < -0.3 is 9.72 Å². The fourth-order valence-electron chi connectivity index (χ4n) is 3.23. The number of aromatic amines is 1. The molecule has 1 unspecified atom stereocenters. The van der Waals surface area contributed by atoms with Gasteiger partial charge >= 0.3 is 0 Å². The fraction of sp³-hybridized carbons (Fsp3) is 0.250. The van der Waals surface area contributed by atoms with Crippen LogP contribution in [0.3, 0.4) is 0 Å². The van der Waals surface area contributed by atoms with E-state index in [0.29, 0.717) is 6.54 Å². The van der Waals surface area contributed by atoms with Crippen LogP contribution in [0.25, 0.3) is 0 Å². The molecule has 3 aromatic rings. The number of imidazole rings is 1. The highest BCUT2D eigenvalue weighted by molar-refractivity contribution is 5.42. The zero-order valence-corrected chi connectivity index (χ0v) is 13.5. The van der Waals surface area contributed by atoms with Crippen molar-refractivity contribution in [2.45, 2.75) is 25.4 Å². The summed E-state index contributed by atoms with van der Waals surface area (Å²) in [5, 5.41) is 3.63. The van der Waals surface area contributed by atoms with Crippen molar-refractivity contribution in [2.75, 3.05) is 6.61 Å². The lowest BCUT2D eigenvalue weighted by Gasteiger charge is -2.23. The minimum atomic E-state index is 0.128. The molecule has 1 aromatic heterocycles. The van der Waals surface area contributed by atoms with Gasteiger partial charge in [-0.3, -0.25) is 5.32 Å². The van der Waals surface area contributed by atoms with Crippen molar-refractivity contribution in [1.82, 2.24) is 15.3 Å². The van der Waals surface area contributed by atoms with Crippen LogP contribution in [0.15, 0.2) is 60.9 Å². The SMILES string of the molecule is c1ccc(C(NCc2ncc[nH]2)c2ccc3c(c2)CCCO3)cc1. The molecule has 4 nitrogen and oxygen atoms in total. The summed E-state index contributed by atoms with van der Waals surface area (Å²) in [5.41, 5.74) is 3.82. The van der Waals surface area contributed by atoms with E-state index in [4.69, 9.17) is 4.74 Å². The van der Waals surface area contributed by atoms with Crippen LogP contribution in [0.2, 0.25) is 0 Å².